The second kappa shape index (κ2) is 21.4. The lowest BCUT2D eigenvalue weighted by atomic mass is 9.55. The SMILES string of the molecule is C=CCOC12Oc3ccc(Oc4ccc(OC)c(C=O)c4)cc3C3C(CCCCO)C(CCCCO)C=C(C(=NOCC)CC1N(Cc1ccc4c(c1)OCO4)C(=O)OCCCl)C32. The number of amides is 1. The summed E-state index contributed by atoms with van der Waals surface area (Å²) >= 11 is 6.10. The number of allylic oxidation sites excluding steroid dienone is 1. The van der Waals surface area contributed by atoms with Crippen molar-refractivity contribution in [2.75, 3.05) is 52.8 Å². The molecule has 1 fully saturated rings. The van der Waals surface area contributed by atoms with Crippen molar-refractivity contribution in [3.8, 4) is 34.5 Å². The van der Waals surface area contributed by atoms with Gasteiger partial charge in [0.15, 0.2) is 17.8 Å². The molecule has 0 radical (unpaired) electrons. The molecule has 7 rings (SSSR count). The van der Waals surface area contributed by atoms with Gasteiger partial charge < -0.3 is 48.2 Å². The van der Waals surface area contributed by atoms with Crippen LogP contribution in [0.2, 0.25) is 0 Å². The van der Waals surface area contributed by atoms with Gasteiger partial charge in [-0.25, -0.2) is 4.79 Å². The Morgan fingerprint density at radius 1 is 1.00 bits per heavy atom. The van der Waals surface area contributed by atoms with Crippen LogP contribution >= 0.6 is 11.6 Å². The summed E-state index contributed by atoms with van der Waals surface area (Å²) in [6.07, 6.45) is 8.57. The Bertz CT molecular complexity index is 2150. The fourth-order valence-electron chi connectivity index (χ4n) is 9.61. The predicted molar refractivity (Wildman–Crippen MR) is 235 cm³/mol. The zero-order valence-corrected chi connectivity index (χ0v) is 36.6. The van der Waals surface area contributed by atoms with Crippen molar-refractivity contribution in [3.05, 3.63) is 95.6 Å². The van der Waals surface area contributed by atoms with Crippen LogP contribution in [0.5, 0.6) is 34.5 Å². The molecular weight excluding hydrogens is 832 g/mol. The van der Waals surface area contributed by atoms with Crippen LogP contribution in [0.15, 0.2) is 84.1 Å². The summed E-state index contributed by atoms with van der Waals surface area (Å²) in [5.41, 5.74) is 3.51. The van der Waals surface area contributed by atoms with Crippen LogP contribution in [0.25, 0.3) is 0 Å². The lowest BCUT2D eigenvalue weighted by Gasteiger charge is -2.59. The van der Waals surface area contributed by atoms with Gasteiger partial charge in [-0.05, 0) is 104 Å². The number of carbonyl (C=O) groups is 2. The number of benzene rings is 3. The third-order valence-electron chi connectivity index (χ3n) is 12.2. The highest BCUT2D eigenvalue weighted by molar-refractivity contribution is 6.18. The van der Waals surface area contributed by atoms with Crippen LogP contribution in [-0.2, 0) is 20.9 Å². The molecule has 0 aromatic heterocycles. The van der Waals surface area contributed by atoms with E-state index in [1.54, 1.807) is 29.2 Å². The number of aliphatic hydroxyl groups excluding tert-OH is 2. The van der Waals surface area contributed by atoms with Gasteiger partial charge in [0, 0.05) is 37.7 Å². The van der Waals surface area contributed by atoms with Gasteiger partial charge in [0.1, 0.15) is 42.3 Å². The molecule has 4 aliphatic rings. The first-order valence-corrected chi connectivity index (χ1v) is 22.3. The fraction of sp³-hybridized carbons (Fsp3) is 0.479. The quantitative estimate of drug-likeness (QED) is 0.0325. The van der Waals surface area contributed by atoms with E-state index in [1.807, 2.05) is 43.3 Å². The third kappa shape index (κ3) is 9.79. The van der Waals surface area contributed by atoms with Gasteiger partial charge in [0.05, 0.1) is 36.8 Å². The Kier molecular flexibility index (Phi) is 15.5. The number of carbonyl (C=O) groups excluding carboxylic acids is 2. The number of nitrogens with zero attached hydrogens (tertiary/aromatic N) is 2. The number of methoxy groups -OCH3 is 1. The number of rotatable bonds is 22. The van der Waals surface area contributed by atoms with E-state index in [4.69, 9.17) is 54.8 Å². The first-order chi connectivity index (χ1) is 30.8. The van der Waals surface area contributed by atoms with Gasteiger partial charge in [-0.3, -0.25) is 9.69 Å². The van der Waals surface area contributed by atoms with Crippen LogP contribution in [0.3, 0.4) is 0 Å². The summed E-state index contributed by atoms with van der Waals surface area (Å²) in [7, 11) is 1.51. The second-order valence-corrected chi connectivity index (χ2v) is 16.3. The molecule has 1 saturated carbocycles. The average Bonchev–Trinajstić information content (AvgIpc) is 3.78. The lowest BCUT2D eigenvalue weighted by Crippen LogP contribution is -2.70. The van der Waals surface area contributed by atoms with E-state index in [9.17, 15) is 19.8 Å². The Balaban J connectivity index is 1.44. The molecule has 6 atom stereocenters. The third-order valence-corrected chi connectivity index (χ3v) is 12.4. The van der Waals surface area contributed by atoms with Crippen molar-refractivity contribution in [1.82, 2.24) is 4.90 Å². The zero-order valence-electron chi connectivity index (χ0n) is 35.9. The minimum absolute atomic E-state index is 0.0196. The van der Waals surface area contributed by atoms with Crippen LogP contribution in [0.4, 0.5) is 4.79 Å². The topological polar surface area (TPSA) is 164 Å². The number of fused-ring (bicyclic) bond motifs is 3. The number of hydrogen-bond acceptors (Lipinski definition) is 13. The minimum Gasteiger partial charge on any atom is -0.496 e. The van der Waals surface area contributed by atoms with Crippen LogP contribution in [0.1, 0.15) is 79.3 Å². The van der Waals surface area contributed by atoms with Crippen molar-refractivity contribution in [2.24, 2.45) is 22.9 Å². The number of oxime groups is 1. The maximum Gasteiger partial charge on any atom is 0.410 e. The van der Waals surface area contributed by atoms with E-state index < -0.39 is 23.8 Å². The summed E-state index contributed by atoms with van der Waals surface area (Å²) in [6, 6.07) is 15.4. The van der Waals surface area contributed by atoms with Gasteiger partial charge in [0.2, 0.25) is 12.6 Å². The van der Waals surface area contributed by atoms with E-state index >= 15 is 0 Å². The van der Waals surface area contributed by atoms with Crippen LogP contribution in [0, 0.1) is 17.8 Å². The molecule has 3 aromatic rings. The van der Waals surface area contributed by atoms with Crippen molar-refractivity contribution >= 4 is 29.7 Å². The molecule has 0 bridgehead atoms. The smallest absolute Gasteiger partial charge is 0.410 e. The number of aliphatic hydroxyl groups is 2. The first kappa shape index (κ1) is 45.7. The molecule has 2 aliphatic heterocycles. The molecule has 1 amide bonds. The first-order valence-electron chi connectivity index (χ1n) is 21.7. The predicted octanol–water partition coefficient (Wildman–Crippen LogP) is 8.56. The Morgan fingerprint density at radius 2 is 1.76 bits per heavy atom. The fourth-order valence-corrected chi connectivity index (χ4v) is 9.68. The minimum atomic E-state index is -1.53. The average molecular weight is 889 g/mol. The van der Waals surface area contributed by atoms with Gasteiger partial charge in [-0.2, -0.15) is 0 Å². The summed E-state index contributed by atoms with van der Waals surface area (Å²) in [4.78, 5) is 34.0. The van der Waals surface area contributed by atoms with Gasteiger partial charge in [0.25, 0.3) is 0 Å². The molecule has 0 saturated heterocycles. The van der Waals surface area contributed by atoms with E-state index in [1.165, 1.54) is 7.11 Å². The van der Waals surface area contributed by atoms with Gasteiger partial charge in [-0.15, -0.1) is 18.2 Å². The number of alkyl halides is 1. The number of ether oxygens (including phenoxy) is 7. The van der Waals surface area contributed by atoms with Gasteiger partial charge in [-0.1, -0.05) is 36.2 Å². The number of hydrogen-bond donors (Lipinski definition) is 2. The van der Waals surface area contributed by atoms with E-state index in [0.29, 0.717) is 65.2 Å². The molecule has 2 aliphatic carbocycles. The van der Waals surface area contributed by atoms with Crippen molar-refractivity contribution in [1.29, 1.82) is 0 Å². The van der Waals surface area contributed by atoms with Crippen molar-refractivity contribution in [3.63, 3.8) is 0 Å². The van der Waals surface area contributed by atoms with Crippen LogP contribution < -0.4 is 23.7 Å². The molecule has 2 heterocycles. The highest BCUT2D eigenvalue weighted by atomic mass is 35.5. The normalized spacial score (nSPS) is 23.4. The van der Waals surface area contributed by atoms with Crippen LogP contribution in [-0.4, -0.2) is 97.9 Å². The molecular formula is C48H57ClN2O12. The largest absolute Gasteiger partial charge is 0.496 e. The molecule has 338 valence electrons. The summed E-state index contributed by atoms with van der Waals surface area (Å²) < 4.78 is 43.4. The highest BCUT2D eigenvalue weighted by Gasteiger charge is 2.65. The standard InChI is InChI=1S/C48H57ClN2O12/c1-4-21-60-48-44(51(47(55)57-22-18-49)28-31-12-15-42-43(23-31)59-30-58-42)27-39(50-61-5-2)37-25-32(10-6-8-19-52)36(11-7-9-20-53)45(46(37)48)38-26-35(14-17-41(38)63-48)62-34-13-16-40(56-3)33(24-34)29-54/h4,12-17,23-26,29,32,36,44-46,52-53H,1,5-11,18-22,27-28,30H2,2-3H3. The van der Waals surface area contributed by atoms with E-state index in [-0.39, 0.29) is 69.8 Å². The number of aldehydes is 1. The lowest BCUT2D eigenvalue weighted by molar-refractivity contribution is -0.256. The summed E-state index contributed by atoms with van der Waals surface area (Å²) in [5.74, 6) is 0.826. The van der Waals surface area contributed by atoms with Gasteiger partial charge >= 0.3 is 6.09 Å². The molecule has 15 heteroatoms. The molecule has 3 aromatic carbocycles. The molecule has 14 nitrogen and oxygen atoms in total. The molecule has 2 N–H and O–H groups in total. The Morgan fingerprint density at radius 3 is 2.51 bits per heavy atom. The van der Waals surface area contributed by atoms with E-state index in [0.717, 1.165) is 48.7 Å². The Labute approximate surface area is 373 Å². The summed E-state index contributed by atoms with van der Waals surface area (Å²) in [6.45, 7) is 6.56. The number of unbranched alkanes of at least 4 members (excludes halogenated alkanes) is 2. The maximum absolute atomic E-state index is 14.6. The second-order valence-electron chi connectivity index (χ2n) is 15.9. The molecule has 0 spiro atoms. The van der Waals surface area contributed by atoms with Crippen molar-refractivity contribution < 1.29 is 57.8 Å². The molecule has 63 heavy (non-hydrogen) atoms. The maximum atomic E-state index is 14.6. The zero-order chi connectivity index (χ0) is 44.3. The number of halogens is 1. The highest BCUT2D eigenvalue weighted by Crippen LogP contribution is 2.62. The van der Waals surface area contributed by atoms with Crippen molar-refractivity contribution in [2.45, 2.75) is 76.2 Å². The monoisotopic (exact) mass is 888 g/mol. The Hall–Kier alpha value is -5.28. The molecule has 6 unspecified atom stereocenters. The summed E-state index contributed by atoms with van der Waals surface area (Å²) in [5, 5.41) is 24.6. The van der Waals surface area contributed by atoms with E-state index in [2.05, 4.69) is 12.7 Å².